The van der Waals surface area contributed by atoms with E-state index in [2.05, 4.69) is 26.0 Å². The van der Waals surface area contributed by atoms with Crippen LogP contribution in [-0.4, -0.2) is 29.1 Å². The first-order valence-corrected chi connectivity index (χ1v) is 10.8. The largest absolute Gasteiger partial charge is 0.493 e. The van der Waals surface area contributed by atoms with E-state index in [1.165, 1.54) is 4.68 Å². The number of ether oxygens (including phenoxy) is 2. The van der Waals surface area contributed by atoms with E-state index in [9.17, 15) is 4.79 Å². The molecule has 1 aromatic heterocycles. The Morgan fingerprint density at radius 3 is 2.73 bits per heavy atom. The number of halogens is 2. The molecule has 0 unspecified atom stereocenters. The Morgan fingerprint density at radius 1 is 1.30 bits per heavy atom. The van der Waals surface area contributed by atoms with E-state index < -0.39 is 0 Å². The number of hydrogen-bond donors (Lipinski definition) is 0. The lowest BCUT2D eigenvalue weighted by molar-refractivity contribution is 0.230. The van der Waals surface area contributed by atoms with Crippen LogP contribution in [0.3, 0.4) is 0 Å². The molecule has 0 aliphatic carbocycles. The molecule has 0 amide bonds. The minimum absolute atomic E-state index is 0.0784. The predicted octanol–water partition coefficient (Wildman–Crippen LogP) is 5.44. The molecule has 0 atom stereocenters. The van der Waals surface area contributed by atoms with Gasteiger partial charge in [0.25, 0.3) is 5.56 Å². The summed E-state index contributed by atoms with van der Waals surface area (Å²) in [5.41, 5.74) is 1.02. The number of methoxy groups -OCH3 is 1. The lowest BCUT2D eigenvalue weighted by atomic mass is 10.2. The number of nitrogens with zero attached hydrogens (tertiary/aromatic N) is 3. The van der Waals surface area contributed by atoms with Gasteiger partial charge < -0.3 is 9.47 Å². The Labute approximate surface area is 188 Å². The van der Waals surface area contributed by atoms with Crippen molar-refractivity contribution in [3.05, 3.63) is 61.6 Å². The molecule has 0 aliphatic heterocycles. The number of aryl methyl sites for hydroxylation is 1. The zero-order valence-electron chi connectivity index (χ0n) is 17.3. The third-order valence-electron chi connectivity index (χ3n) is 4.28. The van der Waals surface area contributed by atoms with Crippen molar-refractivity contribution in [2.24, 2.45) is 5.10 Å². The summed E-state index contributed by atoms with van der Waals surface area (Å²) in [6.45, 7) is 5.87. The molecule has 1 heterocycles. The summed E-state index contributed by atoms with van der Waals surface area (Å²) in [6, 6.07) is 8.85. The van der Waals surface area contributed by atoms with Gasteiger partial charge in [-0.05, 0) is 44.5 Å². The van der Waals surface area contributed by atoms with Crippen molar-refractivity contribution in [2.45, 2.75) is 39.7 Å². The van der Waals surface area contributed by atoms with Crippen LogP contribution in [0.15, 0.2) is 44.7 Å². The predicted molar refractivity (Wildman–Crippen MR) is 124 cm³/mol. The normalized spacial score (nSPS) is 11.6. The Balaban J connectivity index is 2.18. The summed E-state index contributed by atoms with van der Waals surface area (Å²) in [4.78, 5) is 17.8. The first kappa shape index (κ1) is 22.3. The number of hydrogen-bond acceptors (Lipinski definition) is 5. The molecular weight excluding hydrogens is 470 g/mol. The number of rotatable bonds is 7. The summed E-state index contributed by atoms with van der Waals surface area (Å²) in [6.07, 6.45) is 2.92. The van der Waals surface area contributed by atoms with Crippen LogP contribution >= 0.6 is 27.5 Å². The molecule has 0 saturated heterocycles. The van der Waals surface area contributed by atoms with Crippen LogP contribution in [0.4, 0.5) is 0 Å². The van der Waals surface area contributed by atoms with Gasteiger partial charge in [-0.15, -0.1) is 0 Å². The fourth-order valence-corrected chi connectivity index (χ4v) is 3.60. The van der Waals surface area contributed by atoms with Gasteiger partial charge in [0.2, 0.25) is 0 Å². The van der Waals surface area contributed by atoms with E-state index in [1.54, 1.807) is 31.5 Å². The van der Waals surface area contributed by atoms with Crippen LogP contribution in [0.5, 0.6) is 11.5 Å². The highest BCUT2D eigenvalue weighted by molar-refractivity contribution is 9.10. The molecule has 8 heteroatoms. The summed E-state index contributed by atoms with van der Waals surface area (Å²) in [7, 11) is 1.55. The molecule has 0 N–H and O–H groups in total. The smallest absolute Gasteiger partial charge is 0.282 e. The number of aromatic nitrogens is 2. The lowest BCUT2D eigenvalue weighted by Gasteiger charge is -2.16. The van der Waals surface area contributed by atoms with Crippen molar-refractivity contribution < 1.29 is 9.47 Å². The van der Waals surface area contributed by atoms with E-state index in [1.807, 2.05) is 32.9 Å². The van der Waals surface area contributed by atoms with Crippen molar-refractivity contribution in [2.75, 3.05) is 7.11 Å². The highest BCUT2D eigenvalue weighted by atomic mass is 79.9. The van der Waals surface area contributed by atoms with Crippen LogP contribution in [0.1, 0.15) is 38.6 Å². The van der Waals surface area contributed by atoms with Gasteiger partial charge in [-0.25, -0.2) is 4.98 Å². The molecular formula is C22H23BrClN3O3. The standard InChI is InChI=1S/C22H23BrClN3O3/c1-5-6-20-26-18-8-7-15(23)10-17(18)22(28)27(20)25-12-14-9-16(24)11-19(29-4)21(14)30-13(2)3/h7-13H,5-6H2,1-4H3. The molecule has 158 valence electrons. The maximum atomic E-state index is 13.2. The maximum Gasteiger partial charge on any atom is 0.282 e. The van der Waals surface area contributed by atoms with Crippen molar-refractivity contribution in [3.63, 3.8) is 0 Å². The number of benzene rings is 2. The van der Waals surface area contributed by atoms with E-state index in [0.717, 1.165) is 10.9 Å². The van der Waals surface area contributed by atoms with Gasteiger partial charge in [0, 0.05) is 27.5 Å². The zero-order valence-corrected chi connectivity index (χ0v) is 19.6. The highest BCUT2D eigenvalue weighted by Gasteiger charge is 2.15. The molecule has 6 nitrogen and oxygen atoms in total. The first-order chi connectivity index (χ1) is 14.3. The summed E-state index contributed by atoms with van der Waals surface area (Å²) in [5, 5.41) is 5.43. The maximum absolute atomic E-state index is 13.2. The monoisotopic (exact) mass is 491 g/mol. The Morgan fingerprint density at radius 2 is 2.07 bits per heavy atom. The average Bonchev–Trinajstić information content (AvgIpc) is 2.69. The van der Waals surface area contributed by atoms with Gasteiger partial charge in [-0.2, -0.15) is 9.78 Å². The molecule has 0 fully saturated rings. The minimum Gasteiger partial charge on any atom is -0.493 e. The summed E-state index contributed by atoms with van der Waals surface area (Å²) in [5.74, 6) is 1.61. The van der Waals surface area contributed by atoms with Gasteiger partial charge in [0.1, 0.15) is 5.82 Å². The molecule has 2 aromatic carbocycles. The van der Waals surface area contributed by atoms with Crippen LogP contribution in [0.2, 0.25) is 5.02 Å². The molecule has 3 rings (SSSR count). The second-order valence-corrected chi connectivity index (χ2v) is 8.35. The fraction of sp³-hybridized carbons (Fsp3) is 0.318. The molecule has 0 bridgehead atoms. The fourth-order valence-electron chi connectivity index (χ4n) is 3.02. The second kappa shape index (κ2) is 9.62. The van der Waals surface area contributed by atoms with Crippen molar-refractivity contribution in [3.8, 4) is 11.5 Å². The van der Waals surface area contributed by atoms with Gasteiger partial charge in [0.05, 0.1) is 30.3 Å². The van der Waals surface area contributed by atoms with Gasteiger partial charge >= 0.3 is 0 Å². The van der Waals surface area contributed by atoms with Crippen LogP contribution in [0, 0.1) is 0 Å². The number of fused-ring (bicyclic) bond motifs is 1. The third-order valence-corrected chi connectivity index (χ3v) is 4.99. The molecule has 3 aromatic rings. The SMILES string of the molecule is CCCc1nc2ccc(Br)cc2c(=O)n1N=Cc1cc(Cl)cc(OC)c1OC(C)C. The molecule has 0 aliphatic rings. The van der Waals surface area contributed by atoms with Crippen molar-refractivity contribution >= 4 is 44.6 Å². The molecule has 0 spiro atoms. The Bertz CT molecular complexity index is 1160. The summed E-state index contributed by atoms with van der Waals surface area (Å²) < 4.78 is 13.5. The minimum atomic E-state index is -0.235. The van der Waals surface area contributed by atoms with Crippen molar-refractivity contribution in [1.82, 2.24) is 9.66 Å². The molecule has 30 heavy (non-hydrogen) atoms. The quantitative estimate of drug-likeness (QED) is 0.412. The lowest BCUT2D eigenvalue weighted by Crippen LogP contribution is -2.22. The van der Waals surface area contributed by atoms with Gasteiger partial charge in [0.15, 0.2) is 11.5 Å². The van der Waals surface area contributed by atoms with E-state index in [4.69, 9.17) is 21.1 Å². The highest BCUT2D eigenvalue weighted by Crippen LogP contribution is 2.34. The topological polar surface area (TPSA) is 65.7 Å². The van der Waals surface area contributed by atoms with Crippen molar-refractivity contribution in [1.29, 1.82) is 0 Å². The second-order valence-electron chi connectivity index (χ2n) is 6.99. The first-order valence-electron chi connectivity index (χ1n) is 9.63. The van der Waals surface area contributed by atoms with E-state index in [-0.39, 0.29) is 11.7 Å². The van der Waals surface area contributed by atoms with Gasteiger partial charge in [-0.1, -0.05) is 34.5 Å². The molecule has 0 radical (unpaired) electrons. The van der Waals surface area contributed by atoms with Gasteiger partial charge in [-0.3, -0.25) is 4.79 Å². The third kappa shape index (κ3) is 4.84. The van der Waals surface area contributed by atoms with E-state index >= 15 is 0 Å². The van der Waals surface area contributed by atoms with E-state index in [0.29, 0.717) is 45.2 Å². The van der Waals surface area contributed by atoms with Crippen LogP contribution < -0.4 is 15.0 Å². The molecule has 0 saturated carbocycles. The zero-order chi connectivity index (χ0) is 21.8. The Hall–Kier alpha value is -2.38. The Kier molecular flexibility index (Phi) is 7.15. The summed E-state index contributed by atoms with van der Waals surface area (Å²) >= 11 is 9.66. The average molecular weight is 493 g/mol. The van der Waals surface area contributed by atoms with Crippen LogP contribution in [-0.2, 0) is 6.42 Å². The van der Waals surface area contributed by atoms with Crippen LogP contribution in [0.25, 0.3) is 10.9 Å².